The number of benzene rings is 1. The molecule has 3 aromatic heterocycles. The largest absolute Gasteiger partial charge is 0.476 e. The fraction of sp³-hybridized carbons (Fsp3) is 0.231. The Morgan fingerprint density at radius 2 is 1.89 bits per heavy atom. The molecule has 10 heteroatoms. The molecule has 0 saturated heterocycles. The number of H-pyrrole nitrogens is 1. The second kappa shape index (κ2) is 8.20. The smallest absolute Gasteiger partial charge is 0.268 e. The molecule has 1 aromatic carbocycles. The van der Waals surface area contributed by atoms with E-state index in [1.165, 1.54) is 11.3 Å². The highest BCUT2D eigenvalue weighted by atomic mass is 32.1. The average molecular weight is 502 g/mol. The molecule has 0 unspecified atom stereocenters. The molecule has 6 rings (SSSR count). The van der Waals surface area contributed by atoms with Gasteiger partial charge in [0.15, 0.2) is 5.60 Å². The number of aromatic nitrogens is 2. The fourth-order valence-corrected chi connectivity index (χ4v) is 5.03. The van der Waals surface area contributed by atoms with Crippen LogP contribution in [0.4, 0.5) is 11.5 Å². The van der Waals surface area contributed by atoms with Crippen molar-refractivity contribution in [2.24, 2.45) is 0 Å². The van der Waals surface area contributed by atoms with E-state index in [-0.39, 0.29) is 23.8 Å². The number of amides is 3. The van der Waals surface area contributed by atoms with Crippen LogP contribution in [0.15, 0.2) is 48.8 Å². The average Bonchev–Trinajstić information content (AvgIpc) is 3.38. The van der Waals surface area contributed by atoms with Crippen LogP contribution in [0, 0.1) is 0 Å². The van der Waals surface area contributed by atoms with Crippen LogP contribution in [0.3, 0.4) is 0 Å². The van der Waals surface area contributed by atoms with Crippen LogP contribution in [0.5, 0.6) is 5.75 Å². The topological polar surface area (TPSA) is 125 Å². The van der Waals surface area contributed by atoms with Gasteiger partial charge in [0.2, 0.25) is 0 Å². The van der Waals surface area contributed by atoms with Crippen molar-refractivity contribution in [3.05, 3.63) is 59.2 Å². The Balaban J connectivity index is 1.37. The Kier molecular flexibility index (Phi) is 5.08. The van der Waals surface area contributed by atoms with Gasteiger partial charge in [0.25, 0.3) is 17.7 Å². The maximum atomic E-state index is 13.2. The van der Waals surface area contributed by atoms with E-state index < -0.39 is 5.60 Å². The molecule has 4 heterocycles. The van der Waals surface area contributed by atoms with Gasteiger partial charge in [-0.05, 0) is 68.7 Å². The third kappa shape index (κ3) is 3.99. The molecule has 1 saturated carbocycles. The molecule has 2 aliphatic rings. The minimum atomic E-state index is -1.05. The van der Waals surface area contributed by atoms with Gasteiger partial charge in [0, 0.05) is 28.7 Å². The molecular weight excluding hydrogens is 478 g/mol. The minimum absolute atomic E-state index is 0.137. The second-order valence-corrected chi connectivity index (χ2v) is 10.5. The Hall–Kier alpha value is -4.18. The molecule has 1 aliphatic carbocycles. The fourth-order valence-electron chi connectivity index (χ4n) is 4.12. The maximum Gasteiger partial charge on any atom is 0.268 e. The molecule has 0 atom stereocenters. The summed E-state index contributed by atoms with van der Waals surface area (Å²) in [5.41, 5.74) is 1.35. The summed E-state index contributed by atoms with van der Waals surface area (Å²) in [7, 11) is 0. The van der Waals surface area contributed by atoms with E-state index in [2.05, 4.69) is 25.9 Å². The van der Waals surface area contributed by atoms with Crippen LogP contribution in [0.25, 0.3) is 21.3 Å². The molecule has 36 heavy (non-hydrogen) atoms. The minimum Gasteiger partial charge on any atom is -0.476 e. The van der Waals surface area contributed by atoms with Crippen molar-refractivity contribution in [1.29, 1.82) is 0 Å². The summed E-state index contributed by atoms with van der Waals surface area (Å²) in [5, 5.41) is 9.34. The summed E-state index contributed by atoms with van der Waals surface area (Å²) >= 11 is 1.35. The van der Waals surface area contributed by atoms with Crippen LogP contribution in [0.2, 0.25) is 0 Å². The summed E-state index contributed by atoms with van der Waals surface area (Å²) in [5.74, 6) is -0.113. The summed E-state index contributed by atoms with van der Waals surface area (Å²) in [4.78, 5) is 47.4. The van der Waals surface area contributed by atoms with Crippen LogP contribution in [-0.2, 0) is 4.79 Å². The van der Waals surface area contributed by atoms with E-state index >= 15 is 0 Å². The summed E-state index contributed by atoms with van der Waals surface area (Å²) in [6.07, 6.45) is 5.27. The predicted molar refractivity (Wildman–Crippen MR) is 138 cm³/mol. The predicted octanol–water partition coefficient (Wildman–Crippen LogP) is 4.55. The van der Waals surface area contributed by atoms with Crippen LogP contribution in [-0.4, -0.2) is 39.3 Å². The van der Waals surface area contributed by atoms with E-state index in [1.807, 2.05) is 18.2 Å². The summed E-state index contributed by atoms with van der Waals surface area (Å²) in [6.45, 7) is 3.36. The number of hydrogen-bond donors (Lipinski definition) is 4. The van der Waals surface area contributed by atoms with Crippen LogP contribution < -0.4 is 20.7 Å². The molecule has 1 aliphatic heterocycles. The molecule has 0 radical (unpaired) electrons. The molecule has 182 valence electrons. The van der Waals surface area contributed by atoms with Crippen molar-refractivity contribution < 1.29 is 19.1 Å². The first-order valence-corrected chi connectivity index (χ1v) is 12.4. The van der Waals surface area contributed by atoms with Crippen molar-refractivity contribution in [1.82, 2.24) is 15.3 Å². The number of nitrogens with zero attached hydrogens (tertiary/aromatic N) is 1. The molecule has 1 fully saturated rings. The standard InChI is InChI=1S/C26H23N5O4S/c1-26(2)25(34)30-17-12-16-15(11-18(17)35-26)21(24(33)28-14-3-4-14)22(29-16)31-23(32)20-6-5-19(36-20)13-7-9-27-10-8-13/h5-12,14,29H,3-4H2,1-2H3,(H,28,33)(H,30,34)(H,31,32). The number of fused-ring (bicyclic) bond motifs is 2. The number of thiophene rings is 1. The highest BCUT2D eigenvalue weighted by molar-refractivity contribution is 7.17. The Morgan fingerprint density at radius 3 is 2.64 bits per heavy atom. The van der Waals surface area contributed by atoms with Gasteiger partial charge in [0.05, 0.1) is 21.6 Å². The number of anilines is 2. The number of carbonyl (C=O) groups is 3. The zero-order valence-electron chi connectivity index (χ0n) is 19.6. The monoisotopic (exact) mass is 501 g/mol. The first-order chi connectivity index (χ1) is 17.3. The van der Waals surface area contributed by atoms with E-state index in [0.717, 1.165) is 23.3 Å². The van der Waals surface area contributed by atoms with Gasteiger partial charge in [-0.2, -0.15) is 0 Å². The number of rotatable bonds is 5. The van der Waals surface area contributed by atoms with E-state index in [9.17, 15) is 14.4 Å². The third-order valence-corrected chi connectivity index (χ3v) is 7.36. The SMILES string of the molecule is CC1(C)Oc2cc3c(C(=O)NC4CC4)c(NC(=O)c4ccc(-c5ccncc5)s4)[nH]c3cc2NC1=O. The molecule has 3 amide bonds. The first-order valence-electron chi connectivity index (χ1n) is 11.6. The highest BCUT2D eigenvalue weighted by Gasteiger charge is 2.36. The third-order valence-electron chi connectivity index (χ3n) is 6.23. The molecule has 9 nitrogen and oxygen atoms in total. The van der Waals surface area contributed by atoms with Crippen molar-refractivity contribution >= 4 is 51.5 Å². The Morgan fingerprint density at radius 1 is 1.11 bits per heavy atom. The quantitative estimate of drug-likeness (QED) is 0.319. The van der Waals surface area contributed by atoms with Crippen LogP contribution in [0.1, 0.15) is 46.7 Å². The molecule has 0 bridgehead atoms. The lowest BCUT2D eigenvalue weighted by Crippen LogP contribution is -2.45. The van der Waals surface area contributed by atoms with Gasteiger partial charge in [-0.25, -0.2) is 0 Å². The lowest BCUT2D eigenvalue weighted by Gasteiger charge is -2.31. The van der Waals surface area contributed by atoms with Gasteiger partial charge in [-0.1, -0.05) is 0 Å². The van der Waals surface area contributed by atoms with Crippen molar-refractivity contribution in [3.63, 3.8) is 0 Å². The van der Waals surface area contributed by atoms with Gasteiger partial charge in [-0.3, -0.25) is 19.4 Å². The molecular formula is C26H23N5O4S. The number of pyridine rings is 1. The summed E-state index contributed by atoms with van der Waals surface area (Å²) in [6, 6.07) is 11.0. The van der Waals surface area contributed by atoms with E-state index in [0.29, 0.717) is 38.6 Å². The second-order valence-electron chi connectivity index (χ2n) is 9.44. The zero-order valence-corrected chi connectivity index (χ0v) is 20.4. The highest BCUT2D eigenvalue weighted by Crippen LogP contribution is 2.40. The molecule has 4 N–H and O–H groups in total. The van der Waals surface area contributed by atoms with Gasteiger partial charge >= 0.3 is 0 Å². The zero-order chi connectivity index (χ0) is 25.0. The Bertz CT molecular complexity index is 1530. The molecule has 0 spiro atoms. The number of carbonyl (C=O) groups excluding carboxylic acids is 3. The Labute approximate surface area is 210 Å². The first kappa shape index (κ1) is 22.3. The van der Waals surface area contributed by atoms with E-state index in [1.54, 1.807) is 44.4 Å². The normalized spacial score (nSPS) is 16.1. The number of nitrogens with one attached hydrogen (secondary N) is 4. The number of hydrogen-bond acceptors (Lipinski definition) is 6. The van der Waals surface area contributed by atoms with Crippen molar-refractivity contribution in [2.45, 2.75) is 38.3 Å². The lowest BCUT2D eigenvalue weighted by atomic mass is 10.0. The van der Waals surface area contributed by atoms with E-state index in [4.69, 9.17) is 4.74 Å². The van der Waals surface area contributed by atoms with Crippen LogP contribution >= 0.6 is 11.3 Å². The van der Waals surface area contributed by atoms with Crippen molar-refractivity contribution in [3.8, 4) is 16.2 Å². The number of aromatic amines is 1. The van der Waals surface area contributed by atoms with Crippen molar-refractivity contribution in [2.75, 3.05) is 10.6 Å². The van der Waals surface area contributed by atoms with Gasteiger partial charge in [-0.15, -0.1) is 11.3 Å². The van der Waals surface area contributed by atoms with Gasteiger partial charge < -0.3 is 25.7 Å². The number of ether oxygens (including phenoxy) is 1. The van der Waals surface area contributed by atoms with Gasteiger partial charge in [0.1, 0.15) is 11.6 Å². The summed E-state index contributed by atoms with van der Waals surface area (Å²) < 4.78 is 5.92. The lowest BCUT2D eigenvalue weighted by molar-refractivity contribution is -0.129. The maximum absolute atomic E-state index is 13.2. The molecule has 4 aromatic rings.